The molecule has 18 heavy (non-hydrogen) atoms. The van der Waals surface area contributed by atoms with Crippen molar-refractivity contribution >= 4 is 11.2 Å². The first kappa shape index (κ1) is 9.22. The van der Waals surface area contributed by atoms with Gasteiger partial charge in [-0.15, -0.1) is 0 Å². The first-order valence-electron chi connectivity index (χ1n) is 7.23. The molecule has 0 amide bonds. The average Bonchev–Trinajstić information content (AvgIpc) is 2.66. The molecule has 2 aromatic heterocycles. The Balaban J connectivity index is 2.27. The van der Waals surface area contributed by atoms with Gasteiger partial charge in [-0.05, 0) is 38.8 Å². The van der Waals surface area contributed by atoms with Crippen molar-refractivity contribution in [2.24, 2.45) is 0 Å². The molecule has 5 heteroatoms. The lowest BCUT2D eigenvalue weighted by Crippen LogP contribution is -2.19. The van der Waals surface area contributed by atoms with Gasteiger partial charge in [0.25, 0.3) is 0 Å². The first-order chi connectivity index (χ1) is 9.53. The van der Waals surface area contributed by atoms with Crippen LogP contribution in [0.2, 0.25) is 0 Å². The molecule has 98 valence electrons. The van der Waals surface area contributed by atoms with Crippen LogP contribution in [0.15, 0.2) is 18.3 Å². The summed E-state index contributed by atoms with van der Waals surface area (Å²) in [5.41, 5.74) is 6.81. The van der Waals surface area contributed by atoms with Crippen LogP contribution in [-0.2, 0) is 6.42 Å². The Bertz CT molecular complexity index is 644. The quantitative estimate of drug-likeness (QED) is 0.867. The number of nitrogens with two attached hydrogens (primary N) is 1. The van der Waals surface area contributed by atoms with Gasteiger partial charge in [-0.25, -0.2) is 4.52 Å². The van der Waals surface area contributed by atoms with E-state index in [0.717, 1.165) is 11.2 Å². The molecule has 0 bridgehead atoms. The van der Waals surface area contributed by atoms with Gasteiger partial charge >= 0.3 is 0 Å². The Morgan fingerprint density at radius 3 is 3.00 bits per heavy atom. The summed E-state index contributed by atoms with van der Waals surface area (Å²) in [5.74, 6) is 0.0691. The Morgan fingerprint density at radius 1 is 1.56 bits per heavy atom. The molecule has 2 aromatic rings. The van der Waals surface area contributed by atoms with Crippen molar-refractivity contribution in [1.82, 2.24) is 9.61 Å². The molecule has 0 fully saturated rings. The summed E-state index contributed by atoms with van der Waals surface area (Å²) in [4.78, 5) is 0. The largest absolute Gasteiger partial charge is 0.493 e. The molecular formula is C13H19N3O2. The number of anilines is 1. The highest BCUT2D eigenvalue weighted by atomic mass is 16.5. The minimum absolute atomic E-state index is 0.0691. The minimum Gasteiger partial charge on any atom is -0.493 e. The predicted octanol–water partition coefficient (Wildman–Crippen LogP) is 1.63. The molecule has 0 saturated heterocycles. The monoisotopic (exact) mass is 252 g/mol. The topological polar surface area (TPSA) is 72.8 Å². The highest BCUT2D eigenvalue weighted by Crippen LogP contribution is 2.23. The van der Waals surface area contributed by atoms with Gasteiger partial charge in [0.2, 0.25) is 0 Å². The van der Waals surface area contributed by atoms with E-state index in [4.69, 9.17) is 14.6 Å². The summed E-state index contributed by atoms with van der Waals surface area (Å²) >= 11 is 0. The van der Waals surface area contributed by atoms with Gasteiger partial charge in [0, 0.05) is 0 Å². The first-order valence-corrected chi connectivity index (χ1v) is 5.73. The zero-order valence-corrected chi connectivity index (χ0v) is 10.5. The van der Waals surface area contributed by atoms with Gasteiger partial charge in [-0.1, -0.05) is 0 Å². The molecule has 2 rings (SSSR count). The maximum atomic E-state index is 9.73. The maximum absolute atomic E-state index is 9.73. The summed E-state index contributed by atoms with van der Waals surface area (Å²) < 4.78 is 27.7. The van der Waals surface area contributed by atoms with Crippen LogP contribution in [0.4, 0.5) is 5.69 Å². The normalized spacial score (nSPS) is 15.2. The number of ether oxygens (including phenoxy) is 1. The molecule has 0 unspecified atom stereocenters. The van der Waals surface area contributed by atoms with Crippen LogP contribution in [0.25, 0.3) is 5.52 Å². The molecule has 3 N–H and O–H groups in total. The average molecular weight is 252 g/mol. The number of aromatic nitrogens is 2. The number of aliphatic hydroxyl groups is 1. The van der Waals surface area contributed by atoms with Crippen LogP contribution in [0.5, 0.6) is 5.75 Å². The number of nitrogens with zero attached hydrogens (tertiary/aromatic N) is 2. The van der Waals surface area contributed by atoms with Gasteiger partial charge in [0.05, 0.1) is 39.8 Å². The van der Waals surface area contributed by atoms with Crippen molar-refractivity contribution in [2.75, 3.05) is 12.8 Å². The second kappa shape index (κ2) is 4.49. The van der Waals surface area contributed by atoms with Crippen LogP contribution in [-0.4, -0.2) is 27.4 Å². The Morgan fingerprint density at radius 2 is 2.33 bits per heavy atom. The lowest BCUT2D eigenvalue weighted by atomic mass is 10.0. The number of nitrogen functional groups attached to an aromatic ring is 1. The van der Waals surface area contributed by atoms with E-state index < -0.39 is 12.6 Å². The van der Waals surface area contributed by atoms with Crippen molar-refractivity contribution in [3.8, 4) is 5.75 Å². The fourth-order valence-electron chi connectivity index (χ4n) is 1.73. The zero-order chi connectivity index (χ0) is 15.8. The number of aryl methyl sites for hydroxylation is 1. The van der Waals surface area contributed by atoms with Gasteiger partial charge in [-0.3, -0.25) is 0 Å². The van der Waals surface area contributed by atoms with Crippen LogP contribution in [0, 0.1) is 0 Å². The lowest BCUT2D eigenvalue weighted by molar-refractivity contribution is 0.0711. The number of rotatable bonds is 4. The second-order valence-corrected chi connectivity index (χ2v) is 5.01. The van der Waals surface area contributed by atoms with E-state index in [-0.39, 0.29) is 11.4 Å². The molecular weight excluding hydrogens is 230 g/mol. The van der Waals surface area contributed by atoms with E-state index in [1.807, 2.05) is 6.07 Å². The van der Waals surface area contributed by atoms with Crippen molar-refractivity contribution in [2.45, 2.75) is 32.3 Å². The molecule has 0 aliphatic carbocycles. The van der Waals surface area contributed by atoms with Gasteiger partial charge in [0.15, 0.2) is 5.75 Å². The smallest absolute Gasteiger partial charge is 0.160 e. The fourth-order valence-corrected chi connectivity index (χ4v) is 1.73. The highest BCUT2D eigenvalue weighted by Gasteiger charge is 2.14. The van der Waals surface area contributed by atoms with E-state index in [1.165, 1.54) is 10.7 Å². The molecule has 0 radical (unpaired) electrons. The summed E-state index contributed by atoms with van der Waals surface area (Å²) in [6, 6.07) is 3.46. The van der Waals surface area contributed by atoms with Gasteiger partial charge < -0.3 is 15.6 Å². The number of methoxy groups -OCH3 is 1. The number of pyridine rings is 1. The van der Waals surface area contributed by atoms with Gasteiger partial charge in [0.1, 0.15) is 0 Å². The van der Waals surface area contributed by atoms with Gasteiger partial charge in [-0.2, -0.15) is 5.10 Å². The number of hydrogen-bond acceptors (Lipinski definition) is 4. The van der Waals surface area contributed by atoms with E-state index in [1.54, 1.807) is 19.9 Å². The predicted molar refractivity (Wildman–Crippen MR) is 70.8 cm³/mol. The molecule has 5 nitrogen and oxygen atoms in total. The standard InChI is InChI=1S/C13H19N3O2/c1-13(2,17)5-4-9-6-10-7-11(14)12(18-3)8-16(10)15-9/h6-8,17H,4-5,14H2,1-3H3/i3D3. The van der Waals surface area contributed by atoms with Crippen LogP contribution in [0.1, 0.15) is 30.1 Å². The van der Waals surface area contributed by atoms with E-state index in [0.29, 0.717) is 12.8 Å². The maximum Gasteiger partial charge on any atom is 0.160 e. The fraction of sp³-hybridized carbons (Fsp3) is 0.462. The zero-order valence-electron chi connectivity index (χ0n) is 13.5. The summed E-state index contributed by atoms with van der Waals surface area (Å²) in [7, 11) is -2.56. The van der Waals surface area contributed by atoms with Crippen molar-refractivity contribution in [1.29, 1.82) is 0 Å². The highest BCUT2D eigenvalue weighted by molar-refractivity contribution is 5.63. The molecule has 0 aliphatic heterocycles. The Hall–Kier alpha value is -1.75. The van der Waals surface area contributed by atoms with Crippen LogP contribution in [0.3, 0.4) is 0 Å². The third-order valence-electron chi connectivity index (χ3n) is 2.75. The number of hydrogen-bond donors (Lipinski definition) is 2. The second-order valence-electron chi connectivity index (χ2n) is 5.01. The molecule has 0 atom stereocenters. The molecule has 2 heterocycles. The van der Waals surface area contributed by atoms with Crippen molar-refractivity contribution < 1.29 is 14.0 Å². The third-order valence-corrected chi connectivity index (χ3v) is 2.75. The number of fused-ring (bicyclic) bond motifs is 1. The van der Waals surface area contributed by atoms with Crippen LogP contribution < -0.4 is 10.5 Å². The summed E-state index contributed by atoms with van der Waals surface area (Å²) in [5, 5.41) is 14.1. The SMILES string of the molecule is [2H]C([2H])([2H])Oc1cn2nc(CCC(C)(C)O)cc2cc1N. The van der Waals surface area contributed by atoms with Crippen LogP contribution >= 0.6 is 0 Å². The molecule has 0 aliphatic rings. The Labute approximate surface area is 110 Å². The summed E-state index contributed by atoms with van der Waals surface area (Å²) in [6.07, 6.45) is 2.64. The van der Waals surface area contributed by atoms with E-state index >= 15 is 0 Å². The minimum atomic E-state index is -2.56. The molecule has 0 aromatic carbocycles. The summed E-state index contributed by atoms with van der Waals surface area (Å²) in [6.45, 7) is 3.48. The van der Waals surface area contributed by atoms with E-state index in [2.05, 4.69) is 5.10 Å². The molecule has 0 saturated carbocycles. The Kier molecular flexibility index (Phi) is 2.30. The molecule has 0 spiro atoms. The van der Waals surface area contributed by atoms with E-state index in [9.17, 15) is 5.11 Å². The third kappa shape index (κ3) is 2.73. The van der Waals surface area contributed by atoms with Crippen molar-refractivity contribution in [3.63, 3.8) is 0 Å². The van der Waals surface area contributed by atoms with Crippen molar-refractivity contribution in [3.05, 3.63) is 24.0 Å². The lowest BCUT2D eigenvalue weighted by Gasteiger charge is -2.15.